The number of non-ortho nitro benzene ring substituents is 1. The minimum atomic E-state index is -0.480. The van der Waals surface area contributed by atoms with Crippen molar-refractivity contribution in [3.05, 3.63) is 50.6 Å². The molecule has 0 radical (unpaired) electrons. The fourth-order valence-corrected chi connectivity index (χ4v) is 2.77. The summed E-state index contributed by atoms with van der Waals surface area (Å²) in [5.74, 6) is 1.07. The number of likely N-dealkylation sites (N-methyl/N-ethyl adjacent to an activating group) is 1. The number of rotatable bonds is 4. The van der Waals surface area contributed by atoms with Gasteiger partial charge in [0, 0.05) is 31.8 Å². The molecule has 1 aliphatic rings. The van der Waals surface area contributed by atoms with Gasteiger partial charge in [-0.3, -0.25) is 15.0 Å². The number of hydrogen-bond acceptors (Lipinski definition) is 7. The van der Waals surface area contributed by atoms with E-state index in [1.165, 1.54) is 12.1 Å². The minimum absolute atomic E-state index is 0. The molecule has 0 amide bonds. The van der Waals surface area contributed by atoms with Crippen LogP contribution in [0.2, 0.25) is 5.02 Å². The number of nitrogens with one attached hydrogen (secondary N) is 1. The van der Waals surface area contributed by atoms with E-state index in [0.29, 0.717) is 28.7 Å². The van der Waals surface area contributed by atoms with Crippen LogP contribution in [-0.2, 0) is 6.42 Å². The molecule has 0 spiro atoms. The second-order valence-electron chi connectivity index (χ2n) is 5.46. The molecular formula is C14H17Cl2N5O3. The van der Waals surface area contributed by atoms with Crippen LogP contribution in [0.3, 0.4) is 0 Å². The predicted molar refractivity (Wildman–Crippen MR) is 90.7 cm³/mol. The average Bonchev–Trinajstić information content (AvgIpc) is 2.98. The van der Waals surface area contributed by atoms with E-state index < -0.39 is 4.92 Å². The third-order valence-electron chi connectivity index (χ3n) is 3.88. The number of nitro benzene ring substituents is 1. The van der Waals surface area contributed by atoms with E-state index in [-0.39, 0.29) is 24.1 Å². The maximum Gasteiger partial charge on any atom is 0.270 e. The highest BCUT2D eigenvalue weighted by Crippen LogP contribution is 2.25. The summed E-state index contributed by atoms with van der Waals surface area (Å²) in [6, 6.07) is 4.43. The quantitative estimate of drug-likeness (QED) is 0.647. The standard InChI is InChI=1S/C14H16ClN5O3.ClH/c1-19-5-4-16-8-12(19)14-17-13(23-18-14)6-9-2-3-10(20(21)22)7-11(9)15;/h2-3,7,12,16H,4-6,8H2,1H3;1H. The van der Waals surface area contributed by atoms with Gasteiger partial charge in [-0.25, -0.2) is 0 Å². The van der Waals surface area contributed by atoms with Crippen LogP contribution in [0.15, 0.2) is 22.7 Å². The molecule has 1 saturated heterocycles. The smallest absolute Gasteiger partial charge is 0.270 e. The molecule has 1 N–H and O–H groups in total. The predicted octanol–water partition coefficient (Wildman–Crippen LogP) is 2.22. The van der Waals surface area contributed by atoms with Crippen molar-refractivity contribution in [3.63, 3.8) is 0 Å². The van der Waals surface area contributed by atoms with Gasteiger partial charge in [0.25, 0.3) is 5.69 Å². The zero-order chi connectivity index (χ0) is 16.4. The van der Waals surface area contributed by atoms with Gasteiger partial charge in [-0.15, -0.1) is 12.4 Å². The first-order valence-electron chi connectivity index (χ1n) is 7.21. The Bertz CT molecular complexity index is 724. The van der Waals surface area contributed by atoms with E-state index in [1.807, 2.05) is 7.05 Å². The molecule has 1 aromatic carbocycles. The number of aromatic nitrogens is 2. The Balaban J connectivity index is 0.00000208. The lowest BCUT2D eigenvalue weighted by Gasteiger charge is -2.30. The van der Waals surface area contributed by atoms with Crippen molar-refractivity contribution in [2.45, 2.75) is 12.5 Å². The Morgan fingerprint density at radius 1 is 1.54 bits per heavy atom. The Hall–Kier alpha value is -1.74. The SMILES string of the molecule is CN1CCNCC1c1noc(Cc2ccc([N+](=O)[O-])cc2Cl)n1.Cl. The second-order valence-corrected chi connectivity index (χ2v) is 5.86. The first-order valence-corrected chi connectivity index (χ1v) is 7.58. The summed E-state index contributed by atoms with van der Waals surface area (Å²) < 4.78 is 5.29. The number of piperazine rings is 1. The molecule has 1 aliphatic heterocycles. The largest absolute Gasteiger partial charge is 0.339 e. The van der Waals surface area contributed by atoms with Gasteiger partial charge in [0.15, 0.2) is 5.82 Å². The van der Waals surface area contributed by atoms with Gasteiger partial charge in [-0.1, -0.05) is 22.8 Å². The Kier molecular flexibility index (Phi) is 6.11. The first kappa shape index (κ1) is 18.6. The molecule has 3 rings (SSSR count). The van der Waals surface area contributed by atoms with Crippen LogP contribution in [0, 0.1) is 10.1 Å². The number of nitrogens with zero attached hydrogens (tertiary/aromatic N) is 4. The number of halogens is 2. The van der Waals surface area contributed by atoms with Crippen molar-refractivity contribution in [1.29, 1.82) is 0 Å². The Labute approximate surface area is 149 Å². The van der Waals surface area contributed by atoms with Gasteiger partial charge in [-0.2, -0.15) is 4.98 Å². The van der Waals surface area contributed by atoms with Crippen molar-refractivity contribution in [3.8, 4) is 0 Å². The summed E-state index contributed by atoms with van der Waals surface area (Å²) in [4.78, 5) is 16.8. The topological polar surface area (TPSA) is 97.3 Å². The van der Waals surface area contributed by atoms with Gasteiger partial charge >= 0.3 is 0 Å². The molecule has 2 heterocycles. The Morgan fingerprint density at radius 2 is 2.33 bits per heavy atom. The lowest BCUT2D eigenvalue weighted by molar-refractivity contribution is -0.384. The maximum absolute atomic E-state index is 10.7. The molecule has 1 aromatic heterocycles. The van der Waals surface area contributed by atoms with E-state index >= 15 is 0 Å². The van der Waals surface area contributed by atoms with Gasteiger partial charge < -0.3 is 9.84 Å². The molecule has 1 unspecified atom stereocenters. The third-order valence-corrected chi connectivity index (χ3v) is 4.23. The minimum Gasteiger partial charge on any atom is -0.339 e. The number of nitro groups is 1. The summed E-state index contributed by atoms with van der Waals surface area (Å²) in [5.41, 5.74) is 0.669. The lowest BCUT2D eigenvalue weighted by atomic mass is 10.1. The lowest BCUT2D eigenvalue weighted by Crippen LogP contribution is -2.44. The van der Waals surface area contributed by atoms with E-state index in [1.54, 1.807) is 6.07 Å². The molecule has 0 aliphatic carbocycles. The highest BCUT2D eigenvalue weighted by molar-refractivity contribution is 6.31. The zero-order valence-corrected chi connectivity index (χ0v) is 14.5. The van der Waals surface area contributed by atoms with Crippen LogP contribution in [0.5, 0.6) is 0 Å². The highest BCUT2D eigenvalue weighted by Gasteiger charge is 2.25. The van der Waals surface area contributed by atoms with Crippen molar-refractivity contribution >= 4 is 29.7 Å². The molecule has 2 aromatic rings. The first-order chi connectivity index (χ1) is 11.0. The monoisotopic (exact) mass is 373 g/mol. The molecule has 0 saturated carbocycles. The summed E-state index contributed by atoms with van der Waals surface area (Å²) in [5, 5.41) is 18.4. The maximum atomic E-state index is 10.7. The van der Waals surface area contributed by atoms with E-state index in [0.717, 1.165) is 19.6 Å². The molecule has 10 heteroatoms. The van der Waals surface area contributed by atoms with Gasteiger partial charge in [0.1, 0.15) is 0 Å². The summed E-state index contributed by atoms with van der Waals surface area (Å²) >= 11 is 6.09. The van der Waals surface area contributed by atoms with Crippen LogP contribution in [0.1, 0.15) is 23.3 Å². The van der Waals surface area contributed by atoms with Crippen molar-refractivity contribution in [2.75, 3.05) is 26.7 Å². The van der Waals surface area contributed by atoms with Crippen LogP contribution >= 0.6 is 24.0 Å². The number of hydrogen-bond donors (Lipinski definition) is 1. The average molecular weight is 374 g/mol. The van der Waals surface area contributed by atoms with Crippen molar-refractivity contribution < 1.29 is 9.45 Å². The van der Waals surface area contributed by atoms with E-state index in [9.17, 15) is 10.1 Å². The molecule has 8 nitrogen and oxygen atoms in total. The highest BCUT2D eigenvalue weighted by atomic mass is 35.5. The van der Waals surface area contributed by atoms with Crippen LogP contribution in [-0.4, -0.2) is 46.6 Å². The Morgan fingerprint density at radius 3 is 3.00 bits per heavy atom. The third kappa shape index (κ3) is 4.02. The van der Waals surface area contributed by atoms with E-state index in [4.69, 9.17) is 16.1 Å². The van der Waals surface area contributed by atoms with E-state index in [2.05, 4.69) is 20.4 Å². The fourth-order valence-electron chi connectivity index (χ4n) is 2.53. The molecule has 24 heavy (non-hydrogen) atoms. The number of benzene rings is 1. The molecule has 1 fully saturated rings. The summed E-state index contributed by atoms with van der Waals surface area (Å²) in [7, 11) is 2.02. The fraction of sp³-hybridized carbons (Fsp3) is 0.429. The zero-order valence-electron chi connectivity index (χ0n) is 12.9. The summed E-state index contributed by atoms with van der Waals surface area (Å²) in [6.07, 6.45) is 0.341. The van der Waals surface area contributed by atoms with Crippen molar-refractivity contribution in [1.82, 2.24) is 20.4 Å². The van der Waals surface area contributed by atoms with Gasteiger partial charge in [-0.05, 0) is 12.6 Å². The molecule has 0 bridgehead atoms. The van der Waals surface area contributed by atoms with Crippen molar-refractivity contribution in [2.24, 2.45) is 0 Å². The molecular weight excluding hydrogens is 357 g/mol. The van der Waals surface area contributed by atoms with Crippen LogP contribution in [0.4, 0.5) is 5.69 Å². The normalized spacial score (nSPS) is 18.2. The second kappa shape index (κ2) is 7.89. The van der Waals surface area contributed by atoms with Crippen LogP contribution in [0.25, 0.3) is 0 Å². The molecule has 1 atom stereocenters. The van der Waals surface area contributed by atoms with Gasteiger partial charge in [0.2, 0.25) is 5.89 Å². The van der Waals surface area contributed by atoms with Gasteiger partial charge in [0.05, 0.1) is 22.4 Å². The molecule has 130 valence electrons. The summed E-state index contributed by atoms with van der Waals surface area (Å²) in [6.45, 7) is 2.63. The van der Waals surface area contributed by atoms with Crippen LogP contribution < -0.4 is 5.32 Å².